The van der Waals surface area contributed by atoms with Crippen molar-refractivity contribution >= 4 is 21.8 Å². The van der Waals surface area contributed by atoms with Crippen LogP contribution in [0.3, 0.4) is 0 Å². The second-order valence-electron chi connectivity index (χ2n) is 5.60. The quantitative estimate of drug-likeness (QED) is 0.793. The van der Waals surface area contributed by atoms with E-state index in [1.54, 1.807) is 0 Å². The number of carbonyl (C=O) groups is 1. The van der Waals surface area contributed by atoms with Crippen LogP contribution in [0.25, 0.3) is 0 Å². The summed E-state index contributed by atoms with van der Waals surface area (Å²) in [5.74, 6) is 0.602. The van der Waals surface area contributed by atoms with Crippen molar-refractivity contribution < 1.29 is 9.53 Å². The Morgan fingerprint density at radius 2 is 1.78 bits per heavy atom. The highest BCUT2D eigenvalue weighted by atomic mass is 79.9. The predicted molar refractivity (Wildman–Crippen MR) is 96.7 cm³/mol. The first-order valence-corrected chi connectivity index (χ1v) is 8.54. The first-order chi connectivity index (χ1) is 11.0. The molecule has 0 aliphatic rings. The summed E-state index contributed by atoms with van der Waals surface area (Å²) in [5, 5.41) is 3.02. The summed E-state index contributed by atoms with van der Waals surface area (Å²) in [7, 11) is 0. The maximum absolute atomic E-state index is 12.2. The van der Waals surface area contributed by atoms with Gasteiger partial charge in [-0.15, -0.1) is 0 Å². The fourth-order valence-corrected chi connectivity index (χ4v) is 2.71. The third-order valence-corrected chi connectivity index (χ3v) is 4.98. The Bertz CT molecular complexity index is 647. The summed E-state index contributed by atoms with van der Waals surface area (Å²) in [4.78, 5) is 12.2. The average molecular weight is 376 g/mol. The molecule has 1 amide bonds. The van der Waals surface area contributed by atoms with E-state index in [-0.39, 0.29) is 18.6 Å². The standard InChI is InChI=1S/C19H22BrNO2/c1-4-17(15-8-6-5-7-9-15)21-18(22)12-23-16-10-13(2)19(20)14(3)11-16/h5-11,17H,4,12H2,1-3H3,(H,21,22)/t17-/m0/s1. The fraction of sp³-hybridized carbons (Fsp3) is 0.316. The lowest BCUT2D eigenvalue weighted by Gasteiger charge is -2.18. The molecular weight excluding hydrogens is 354 g/mol. The van der Waals surface area contributed by atoms with Crippen molar-refractivity contribution in [3.8, 4) is 5.75 Å². The molecule has 0 fully saturated rings. The summed E-state index contributed by atoms with van der Waals surface area (Å²) in [6.45, 7) is 6.09. The molecule has 0 unspecified atom stereocenters. The Morgan fingerprint density at radius 1 is 1.17 bits per heavy atom. The molecule has 1 atom stereocenters. The van der Waals surface area contributed by atoms with Gasteiger partial charge in [-0.25, -0.2) is 0 Å². The molecule has 0 aromatic heterocycles. The maximum atomic E-state index is 12.2. The lowest BCUT2D eigenvalue weighted by atomic mass is 10.0. The van der Waals surface area contributed by atoms with E-state index < -0.39 is 0 Å². The molecule has 0 saturated heterocycles. The van der Waals surface area contributed by atoms with Crippen LogP contribution in [0.4, 0.5) is 0 Å². The second kappa shape index (κ2) is 8.16. The molecule has 0 aliphatic heterocycles. The van der Waals surface area contributed by atoms with Gasteiger partial charge < -0.3 is 10.1 Å². The van der Waals surface area contributed by atoms with Gasteiger partial charge in [0.25, 0.3) is 5.91 Å². The smallest absolute Gasteiger partial charge is 0.258 e. The van der Waals surface area contributed by atoms with Gasteiger partial charge in [0.15, 0.2) is 6.61 Å². The molecule has 0 heterocycles. The molecule has 122 valence electrons. The highest BCUT2D eigenvalue weighted by Crippen LogP contribution is 2.26. The van der Waals surface area contributed by atoms with E-state index in [4.69, 9.17) is 4.74 Å². The number of carbonyl (C=O) groups excluding carboxylic acids is 1. The summed E-state index contributed by atoms with van der Waals surface area (Å²) in [5.41, 5.74) is 3.30. The first kappa shape index (κ1) is 17.5. The van der Waals surface area contributed by atoms with E-state index in [0.29, 0.717) is 5.75 Å². The van der Waals surface area contributed by atoms with Crippen LogP contribution in [0.1, 0.15) is 36.1 Å². The minimum Gasteiger partial charge on any atom is -0.484 e. The van der Waals surface area contributed by atoms with E-state index in [9.17, 15) is 4.79 Å². The highest BCUT2D eigenvalue weighted by Gasteiger charge is 2.13. The predicted octanol–water partition coefficient (Wildman–Crippen LogP) is 4.71. The summed E-state index contributed by atoms with van der Waals surface area (Å²) in [6.07, 6.45) is 0.840. The number of benzene rings is 2. The van der Waals surface area contributed by atoms with Crippen LogP contribution in [0, 0.1) is 13.8 Å². The van der Waals surface area contributed by atoms with Crippen LogP contribution < -0.4 is 10.1 Å². The summed E-state index contributed by atoms with van der Waals surface area (Å²) >= 11 is 3.53. The van der Waals surface area contributed by atoms with Crippen LogP contribution in [0.5, 0.6) is 5.75 Å². The van der Waals surface area contributed by atoms with E-state index >= 15 is 0 Å². The van der Waals surface area contributed by atoms with Crippen molar-refractivity contribution in [3.05, 3.63) is 63.6 Å². The van der Waals surface area contributed by atoms with E-state index in [1.807, 2.05) is 56.3 Å². The van der Waals surface area contributed by atoms with Crippen LogP contribution in [0.2, 0.25) is 0 Å². The molecule has 3 nitrogen and oxygen atoms in total. The van der Waals surface area contributed by atoms with Crippen LogP contribution >= 0.6 is 15.9 Å². The number of nitrogens with one attached hydrogen (secondary N) is 1. The molecule has 4 heteroatoms. The molecular formula is C19H22BrNO2. The van der Waals surface area contributed by atoms with Crippen LogP contribution in [-0.4, -0.2) is 12.5 Å². The zero-order valence-corrected chi connectivity index (χ0v) is 15.3. The number of hydrogen-bond donors (Lipinski definition) is 1. The number of aryl methyl sites for hydroxylation is 2. The van der Waals surface area contributed by atoms with Gasteiger partial charge >= 0.3 is 0 Å². The van der Waals surface area contributed by atoms with Crippen molar-refractivity contribution in [3.63, 3.8) is 0 Å². The van der Waals surface area contributed by atoms with Gasteiger partial charge in [-0.3, -0.25) is 4.79 Å². The molecule has 0 radical (unpaired) electrons. The minimum absolute atomic E-state index is 0.0145. The van der Waals surface area contributed by atoms with Crippen LogP contribution in [-0.2, 0) is 4.79 Å². The lowest BCUT2D eigenvalue weighted by Crippen LogP contribution is -2.32. The van der Waals surface area contributed by atoms with Gasteiger partial charge in [0, 0.05) is 4.47 Å². The van der Waals surface area contributed by atoms with Gasteiger partial charge in [0.05, 0.1) is 6.04 Å². The number of hydrogen-bond acceptors (Lipinski definition) is 2. The summed E-state index contributed by atoms with van der Waals surface area (Å²) in [6, 6.07) is 13.9. The molecule has 0 aliphatic carbocycles. The molecule has 0 spiro atoms. The molecule has 2 aromatic carbocycles. The molecule has 0 saturated carbocycles. The molecule has 1 N–H and O–H groups in total. The number of ether oxygens (including phenoxy) is 1. The van der Waals surface area contributed by atoms with Gasteiger partial charge in [0.2, 0.25) is 0 Å². The highest BCUT2D eigenvalue weighted by molar-refractivity contribution is 9.10. The number of amides is 1. The average Bonchev–Trinajstić information content (AvgIpc) is 2.56. The molecule has 0 bridgehead atoms. The van der Waals surface area contributed by atoms with Gasteiger partial charge in [-0.1, -0.05) is 53.2 Å². The van der Waals surface area contributed by atoms with Crippen molar-refractivity contribution in [1.29, 1.82) is 0 Å². The molecule has 2 rings (SSSR count). The van der Waals surface area contributed by atoms with Gasteiger partial charge in [-0.2, -0.15) is 0 Å². The lowest BCUT2D eigenvalue weighted by molar-refractivity contribution is -0.123. The fourth-order valence-electron chi connectivity index (χ4n) is 2.48. The Hall–Kier alpha value is -1.81. The van der Waals surface area contributed by atoms with Crippen molar-refractivity contribution in [2.24, 2.45) is 0 Å². The zero-order chi connectivity index (χ0) is 16.8. The SMILES string of the molecule is CC[C@H](NC(=O)COc1cc(C)c(Br)c(C)c1)c1ccccc1. The third-order valence-electron chi connectivity index (χ3n) is 3.73. The topological polar surface area (TPSA) is 38.3 Å². The van der Waals surface area contributed by atoms with Crippen molar-refractivity contribution in [2.45, 2.75) is 33.2 Å². The Balaban J connectivity index is 1.94. The van der Waals surface area contributed by atoms with E-state index in [2.05, 4.69) is 28.2 Å². The van der Waals surface area contributed by atoms with Gasteiger partial charge in [0.1, 0.15) is 5.75 Å². The normalized spacial score (nSPS) is 11.8. The van der Waals surface area contributed by atoms with E-state index in [0.717, 1.165) is 27.6 Å². The van der Waals surface area contributed by atoms with Crippen molar-refractivity contribution in [1.82, 2.24) is 5.32 Å². The molecule has 2 aromatic rings. The monoisotopic (exact) mass is 375 g/mol. The Kier molecular flexibility index (Phi) is 6.22. The third kappa shape index (κ3) is 4.83. The van der Waals surface area contributed by atoms with Crippen molar-refractivity contribution in [2.75, 3.05) is 6.61 Å². The largest absolute Gasteiger partial charge is 0.484 e. The number of rotatable bonds is 6. The Morgan fingerprint density at radius 3 is 2.35 bits per heavy atom. The minimum atomic E-state index is -0.112. The second-order valence-corrected chi connectivity index (χ2v) is 6.39. The number of halogens is 1. The summed E-state index contributed by atoms with van der Waals surface area (Å²) < 4.78 is 6.71. The van der Waals surface area contributed by atoms with Gasteiger partial charge in [-0.05, 0) is 49.1 Å². The zero-order valence-electron chi connectivity index (χ0n) is 13.7. The Labute approximate surface area is 146 Å². The van der Waals surface area contributed by atoms with E-state index in [1.165, 1.54) is 0 Å². The van der Waals surface area contributed by atoms with Crippen LogP contribution in [0.15, 0.2) is 46.9 Å². The first-order valence-electron chi connectivity index (χ1n) is 7.75. The maximum Gasteiger partial charge on any atom is 0.258 e. The molecule has 23 heavy (non-hydrogen) atoms.